The molecule has 0 saturated carbocycles. The van der Waals surface area contributed by atoms with Crippen molar-refractivity contribution in [2.24, 2.45) is 0 Å². The molecule has 20 heavy (non-hydrogen) atoms. The second-order valence-corrected chi connectivity index (χ2v) is 5.70. The minimum atomic E-state index is 0.0938. The van der Waals surface area contributed by atoms with E-state index in [2.05, 4.69) is 6.92 Å². The molecule has 0 amide bonds. The van der Waals surface area contributed by atoms with Gasteiger partial charge in [0.05, 0.1) is 0 Å². The van der Waals surface area contributed by atoms with Crippen molar-refractivity contribution in [3.8, 4) is 0 Å². The maximum atomic E-state index is 9.53. The number of hydrogen-bond acceptors (Lipinski definition) is 3. The zero-order valence-corrected chi connectivity index (χ0v) is 17.1. The molecule has 0 rings (SSSR count). The first kappa shape index (κ1) is 28.8. The van der Waals surface area contributed by atoms with Crippen LogP contribution in [-0.4, -0.2) is 42.3 Å². The summed E-state index contributed by atoms with van der Waals surface area (Å²) in [5.74, 6) is 0. The first-order valence-corrected chi connectivity index (χ1v) is 10.1. The van der Waals surface area contributed by atoms with E-state index in [0.717, 1.165) is 38.5 Å². The molecule has 0 aliphatic carbocycles. The Hall–Kier alpha value is 0.679. The molecule has 0 aromatic carbocycles. The zero-order chi connectivity index (χ0) is 16.5. The van der Waals surface area contributed by atoms with Gasteiger partial charge in [-0.1, -0.05) is 59.3 Å². The topological polar surface area (TPSA) is 69.2 Å². The Morgan fingerprint density at radius 3 is 0.800 bits per heavy atom. The summed E-state index contributed by atoms with van der Waals surface area (Å²) in [5, 5.41) is 28.6. The van der Waals surface area contributed by atoms with Crippen molar-refractivity contribution in [1.29, 1.82) is 0 Å². The first-order valence-electron chi connectivity index (χ1n) is 8.05. The minimum absolute atomic E-state index is 0.0938. The third-order valence-electron chi connectivity index (χ3n) is 2.02. The van der Waals surface area contributed by atoms with Gasteiger partial charge in [-0.25, -0.2) is 0 Å². The molecular weight excluding hydrogens is 359 g/mol. The molecule has 0 aromatic heterocycles. The normalized spacial score (nSPS) is 8.45. The summed E-state index contributed by atoms with van der Waals surface area (Å²) in [5.41, 5.74) is 0. The zero-order valence-electron chi connectivity index (χ0n) is 14.2. The molecule has 122 valence electrons. The Balaban J connectivity index is -0.0000000853. The molecule has 4 heteroatoms. The monoisotopic (exact) mass is 396 g/mol. The molecule has 3 nitrogen and oxygen atoms in total. The Morgan fingerprint density at radius 2 is 0.800 bits per heavy atom. The van der Waals surface area contributed by atoms with Crippen LogP contribution in [0.2, 0.25) is 4.44 Å². The van der Waals surface area contributed by atoms with E-state index in [1.54, 1.807) is 22.5 Å². The van der Waals surface area contributed by atoms with Gasteiger partial charge in [0.25, 0.3) is 0 Å². The molecule has 0 bridgehead atoms. The van der Waals surface area contributed by atoms with Crippen LogP contribution in [0.15, 0.2) is 0 Å². The third-order valence-corrected chi connectivity index (χ3v) is 3.03. The molecule has 0 saturated heterocycles. The van der Waals surface area contributed by atoms with Crippen LogP contribution < -0.4 is 15.3 Å². The van der Waals surface area contributed by atoms with E-state index in [9.17, 15) is 15.3 Å². The summed E-state index contributed by atoms with van der Waals surface area (Å²) >= 11 is 1.68. The SMILES string of the molecule is CCCC[O-].CCCC[O-].CCCC[O-].CCC[CH2][Sn+3]. The second kappa shape index (κ2) is 42.7. The molecule has 0 fully saturated rings. The van der Waals surface area contributed by atoms with E-state index in [1.165, 1.54) is 17.3 Å². The summed E-state index contributed by atoms with van der Waals surface area (Å²) in [6, 6.07) is 0. The van der Waals surface area contributed by atoms with E-state index in [4.69, 9.17) is 0 Å². The van der Waals surface area contributed by atoms with E-state index in [-0.39, 0.29) is 19.8 Å². The summed E-state index contributed by atoms with van der Waals surface area (Å²) in [4.78, 5) is 0. The fraction of sp³-hybridized carbons (Fsp3) is 1.00. The van der Waals surface area contributed by atoms with Crippen LogP contribution in [0.25, 0.3) is 0 Å². The van der Waals surface area contributed by atoms with Gasteiger partial charge in [0, 0.05) is 0 Å². The fourth-order valence-corrected chi connectivity index (χ4v) is 1.62. The van der Waals surface area contributed by atoms with Crippen LogP contribution in [0.5, 0.6) is 0 Å². The van der Waals surface area contributed by atoms with E-state index < -0.39 is 0 Å². The van der Waals surface area contributed by atoms with Gasteiger partial charge in [-0.15, -0.1) is 19.8 Å². The van der Waals surface area contributed by atoms with Crippen molar-refractivity contribution in [3.63, 3.8) is 0 Å². The second-order valence-electron chi connectivity index (χ2n) is 4.28. The predicted octanol–water partition coefficient (Wildman–Crippen LogP) is 1.81. The first-order chi connectivity index (χ1) is 9.66. The van der Waals surface area contributed by atoms with Crippen molar-refractivity contribution >= 4 is 22.5 Å². The Bertz CT molecular complexity index is 71.7. The molecule has 0 spiro atoms. The van der Waals surface area contributed by atoms with Crippen molar-refractivity contribution in [2.75, 3.05) is 19.8 Å². The predicted molar refractivity (Wildman–Crippen MR) is 84.8 cm³/mol. The van der Waals surface area contributed by atoms with Gasteiger partial charge in [0.15, 0.2) is 0 Å². The molecule has 0 aromatic rings. The molecule has 0 aliphatic rings. The van der Waals surface area contributed by atoms with Crippen LogP contribution in [0.1, 0.15) is 79.1 Å². The average molecular weight is 395 g/mol. The summed E-state index contributed by atoms with van der Waals surface area (Å²) in [6.45, 7) is 8.54. The molecular formula is C16H36O3Sn. The molecule has 0 radical (unpaired) electrons. The maximum absolute atomic E-state index is 9.53. The molecule has 0 N–H and O–H groups in total. The van der Waals surface area contributed by atoms with E-state index in [1.807, 2.05) is 20.8 Å². The number of unbranched alkanes of at least 4 members (excludes halogenated alkanes) is 4. The van der Waals surface area contributed by atoms with Gasteiger partial charge in [-0.05, 0) is 0 Å². The van der Waals surface area contributed by atoms with Crippen LogP contribution >= 0.6 is 0 Å². The summed E-state index contributed by atoms with van der Waals surface area (Å²) in [7, 11) is 0. The van der Waals surface area contributed by atoms with E-state index >= 15 is 0 Å². The molecule has 0 unspecified atom stereocenters. The van der Waals surface area contributed by atoms with Crippen LogP contribution in [-0.2, 0) is 0 Å². The molecule has 0 atom stereocenters. The number of rotatable bonds is 8. The van der Waals surface area contributed by atoms with Crippen molar-refractivity contribution in [3.05, 3.63) is 0 Å². The van der Waals surface area contributed by atoms with Crippen LogP contribution in [0.4, 0.5) is 0 Å². The Labute approximate surface area is 141 Å². The van der Waals surface area contributed by atoms with Crippen molar-refractivity contribution in [2.45, 2.75) is 83.5 Å². The van der Waals surface area contributed by atoms with Crippen LogP contribution in [0, 0.1) is 0 Å². The van der Waals surface area contributed by atoms with Gasteiger partial charge in [0.1, 0.15) is 0 Å². The number of hydrogen-bond donors (Lipinski definition) is 0. The van der Waals surface area contributed by atoms with Crippen molar-refractivity contribution in [1.82, 2.24) is 0 Å². The molecule has 0 heterocycles. The van der Waals surface area contributed by atoms with Gasteiger partial charge < -0.3 is 15.3 Å². The fourth-order valence-electron chi connectivity index (χ4n) is 0.610. The molecule has 0 aliphatic heterocycles. The van der Waals surface area contributed by atoms with Crippen LogP contribution in [0.3, 0.4) is 0 Å². The van der Waals surface area contributed by atoms with Gasteiger partial charge in [-0.2, -0.15) is 0 Å². The average Bonchev–Trinajstić information content (AvgIpc) is 2.44. The Morgan fingerprint density at radius 1 is 0.550 bits per heavy atom. The van der Waals surface area contributed by atoms with Gasteiger partial charge >= 0.3 is 46.7 Å². The summed E-state index contributed by atoms with van der Waals surface area (Å²) < 4.78 is 1.43. The van der Waals surface area contributed by atoms with E-state index in [0.29, 0.717) is 0 Å². The van der Waals surface area contributed by atoms with Crippen molar-refractivity contribution < 1.29 is 15.3 Å². The summed E-state index contributed by atoms with van der Waals surface area (Å²) in [6.07, 6.45) is 8.39. The standard InChI is InChI=1S/3C4H9O.C4H9.Sn/c3*1-2-3-4-5;1-3-4-2;/h3*2-4H2,1H3;1,3-4H2,2H3;/q3*-1;;+3. The van der Waals surface area contributed by atoms with Gasteiger partial charge in [-0.3, -0.25) is 0 Å². The Kier molecular flexibility index (Phi) is 61.5. The van der Waals surface area contributed by atoms with Gasteiger partial charge in [0.2, 0.25) is 0 Å². The quantitative estimate of drug-likeness (QED) is 0.589. The third kappa shape index (κ3) is 77.5.